The zero-order valence-electron chi connectivity index (χ0n) is 10.5. The first kappa shape index (κ1) is 15.5. The minimum absolute atomic E-state index is 0.0527. The third kappa shape index (κ3) is 3.62. The summed E-state index contributed by atoms with van der Waals surface area (Å²) in [5.74, 6) is -1.63. The maximum Gasteiger partial charge on any atom is 0.256 e. The summed E-state index contributed by atoms with van der Waals surface area (Å²) in [6.07, 6.45) is 0. The van der Waals surface area contributed by atoms with E-state index < -0.39 is 17.5 Å². The van der Waals surface area contributed by atoms with Crippen molar-refractivity contribution in [2.75, 3.05) is 5.32 Å². The molecule has 3 N–H and O–H groups in total. The van der Waals surface area contributed by atoms with Crippen LogP contribution in [0.15, 0.2) is 40.9 Å². The average Bonchev–Trinajstić information content (AvgIpc) is 2.43. The molecular formula is C14H9BrF2N2OS. The molecule has 21 heavy (non-hydrogen) atoms. The van der Waals surface area contributed by atoms with Crippen LogP contribution >= 0.6 is 28.1 Å². The molecule has 0 aliphatic rings. The van der Waals surface area contributed by atoms with Crippen molar-refractivity contribution in [3.05, 3.63) is 63.6 Å². The van der Waals surface area contributed by atoms with E-state index in [9.17, 15) is 13.6 Å². The Morgan fingerprint density at radius 1 is 1.10 bits per heavy atom. The number of nitrogens with one attached hydrogen (secondary N) is 1. The van der Waals surface area contributed by atoms with E-state index in [0.717, 1.165) is 18.2 Å². The first-order valence-corrected chi connectivity index (χ1v) is 6.94. The van der Waals surface area contributed by atoms with Gasteiger partial charge in [-0.3, -0.25) is 4.79 Å². The lowest BCUT2D eigenvalue weighted by Gasteiger charge is -2.11. The van der Waals surface area contributed by atoms with Crippen LogP contribution in [-0.4, -0.2) is 10.9 Å². The maximum absolute atomic E-state index is 13.2. The van der Waals surface area contributed by atoms with Crippen LogP contribution in [-0.2, 0) is 0 Å². The molecule has 108 valence electrons. The van der Waals surface area contributed by atoms with Gasteiger partial charge in [0, 0.05) is 10.0 Å². The van der Waals surface area contributed by atoms with Crippen LogP contribution in [0.3, 0.4) is 0 Å². The second kappa shape index (κ2) is 6.28. The molecule has 0 heterocycles. The van der Waals surface area contributed by atoms with Crippen LogP contribution in [0.5, 0.6) is 0 Å². The second-order valence-corrected chi connectivity index (χ2v) is 5.43. The monoisotopic (exact) mass is 370 g/mol. The Hall–Kier alpha value is -1.86. The third-order valence-corrected chi connectivity index (χ3v) is 3.58. The average molecular weight is 371 g/mol. The smallest absolute Gasteiger partial charge is 0.256 e. The van der Waals surface area contributed by atoms with Crippen LogP contribution in [0.4, 0.5) is 14.5 Å². The first-order chi connectivity index (χ1) is 9.88. The Morgan fingerprint density at radius 2 is 1.67 bits per heavy atom. The van der Waals surface area contributed by atoms with Gasteiger partial charge in [-0.15, -0.1) is 0 Å². The van der Waals surface area contributed by atoms with Crippen LogP contribution in [0.2, 0.25) is 0 Å². The Labute approximate surface area is 133 Å². The van der Waals surface area contributed by atoms with Gasteiger partial charge in [0.15, 0.2) is 0 Å². The molecule has 0 spiro atoms. The normalized spacial score (nSPS) is 10.2. The van der Waals surface area contributed by atoms with E-state index in [2.05, 4.69) is 21.2 Å². The lowest BCUT2D eigenvalue weighted by molar-refractivity contribution is 0.102. The van der Waals surface area contributed by atoms with Crippen LogP contribution in [0, 0.1) is 11.6 Å². The van der Waals surface area contributed by atoms with Crippen LogP contribution in [0.25, 0.3) is 0 Å². The van der Waals surface area contributed by atoms with E-state index in [0.29, 0.717) is 4.47 Å². The standard InChI is InChI=1S/C14H9BrF2N2OS/c15-11-3-1-7(16)5-9(11)14(20)19-12-4-2-8(17)6-10(12)13(18)21/h1-6H,(H2,18,21)(H,19,20). The van der Waals surface area contributed by atoms with Gasteiger partial charge in [0.05, 0.1) is 11.3 Å². The molecule has 2 rings (SSSR count). The molecule has 0 saturated heterocycles. The van der Waals surface area contributed by atoms with Gasteiger partial charge in [-0.1, -0.05) is 12.2 Å². The summed E-state index contributed by atoms with van der Waals surface area (Å²) in [6, 6.07) is 7.36. The zero-order chi connectivity index (χ0) is 15.6. The van der Waals surface area contributed by atoms with Crippen LogP contribution < -0.4 is 11.1 Å². The van der Waals surface area contributed by atoms with Gasteiger partial charge >= 0.3 is 0 Å². The molecular weight excluding hydrogens is 362 g/mol. The van der Waals surface area contributed by atoms with Crippen molar-refractivity contribution < 1.29 is 13.6 Å². The zero-order valence-corrected chi connectivity index (χ0v) is 12.9. The highest BCUT2D eigenvalue weighted by Crippen LogP contribution is 2.22. The highest BCUT2D eigenvalue weighted by molar-refractivity contribution is 9.10. The Balaban J connectivity index is 2.36. The summed E-state index contributed by atoms with van der Waals surface area (Å²) in [5, 5.41) is 2.53. The first-order valence-electron chi connectivity index (χ1n) is 5.74. The van der Waals surface area contributed by atoms with Gasteiger partial charge in [0.25, 0.3) is 5.91 Å². The van der Waals surface area contributed by atoms with Crippen LogP contribution in [0.1, 0.15) is 15.9 Å². The summed E-state index contributed by atoms with van der Waals surface area (Å²) in [4.78, 5) is 12.1. The van der Waals surface area contributed by atoms with E-state index >= 15 is 0 Å². The summed E-state index contributed by atoms with van der Waals surface area (Å²) in [7, 11) is 0. The van der Waals surface area contributed by atoms with Crippen molar-refractivity contribution in [1.29, 1.82) is 0 Å². The largest absolute Gasteiger partial charge is 0.389 e. The van der Waals surface area contributed by atoms with E-state index in [-0.39, 0.29) is 21.8 Å². The minimum atomic E-state index is -0.564. The van der Waals surface area contributed by atoms with Crippen molar-refractivity contribution in [2.24, 2.45) is 5.73 Å². The lowest BCUT2D eigenvalue weighted by atomic mass is 10.1. The van der Waals surface area contributed by atoms with E-state index in [1.54, 1.807) is 0 Å². The van der Waals surface area contributed by atoms with Gasteiger partial charge in [0.1, 0.15) is 16.6 Å². The number of benzene rings is 2. The number of rotatable bonds is 3. The predicted octanol–water partition coefficient (Wildman–Crippen LogP) is 3.61. The topological polar surface area (TPSA) is 55.1 Å². The molecule has 0 atom stereocenters. The second-order valence-electron chi connectivity index (χ2n) is 4.13. The number of thiocarbonyl (C=S) groups is 1. The molecule has 0 aromatic heterocycles. The van der Waals surface area contributed by atoms with Crippen molar-refractivity contribution in [2.45, 2.75) is 0 Å². The van der Waals surface area contributed by atoms with Gasteiger partial charge in [-0.2, -0.15) is 0 Å². The number of carbonyl (C=O) groups is 1. The number of anilines is 1. The summed E-state index contributed by atoms with van der Waals surface area (Å²) in [5.41, 5.74) is 6.06. The summed E-state index contributed by atoms with van der Waals surface area (Å²) >= 11 is 7.98. The molecule has 0 aliphatic heterocycles. The third-order valence-electron chi connectivity index (χ3n) is 2.67. The molecule has 0 saturated carbocycles. The Morgan fingerprint density at radius 3 is 2.29 bits per heavy atom. The SMILES string of the molecule is NC(=S)c1cc(F)ccc1NC(=O)c1cc(F)ccc1Br. The fourth-order valence-electron chi connectivity index (χ4n) is 1.69. The molecule has 1 amide bonds. The predicted molar refractivity (Wildman–Crippen MR) is 84.3 cm³/mol. The molecule has 2 aromatic carbocycles. The molecule has 0 radical (unpaired) electrons. The van der Waals surface area contributed by atoms with Crippen molar-refractivity contribution in [1.82, 2.24) is 0 Å². The summed E-state index contributed by atoms with van der Waals surface area (Å²) in [6.45, 7) is 0. The van der Waals surface area contributed by atoms with Crippen molar-refractivity contribution in [3.63, 3.8) is 0 Å². The highest BCUT2D eigenvalue weighted by atomic mass is 79.9. The van der Waals surface area contributed by atoms with Gasteiger partial charge < -0.3 is 11.1 Å². The quantitative estimate of drug-likeness (QED) is 0.811. The molecule has 7 heteroatoms. The number of carbonyl (C=O) groups excluding carboxylic acids is 1. The molecule has 0 fully saturated rings. The number of halogens is 3. The highest BCUT2D eigenvalue weighted by Gasteiger charge is 2.14. The maximum atomic E-state index is 13.2. The molecule has 0 aliphatic carbocycles. The fraction of sp³-hybridized carbons (Fsp3) is 0. The Kier molecular flexibility index (Phi) is 4.64. The number of hydrogen-bond acceptors (Lipinski definition) is 2. The van der Waals surface area contributed by atoms with Gasteiger partial charge in [-0.25, -0.2) is 8.78 Å². The number of hydrogen-bond donors (Lipinski definition) is 2. The Bertz CT molecular complexity index is 737. The minimum Gasteiger partial charge on any atom is -0.389 e. The van der Waals surface area contributed by atoms with E-state index in [1.165, 1.54) is 18.2 Å². The van der Waals surface area contributed by atoms with Crippen molar-refractivity contribution >= 4 is 44.7 Å². The molecule has 3 nitrogen and oxygen atoms in total. The van der Waals surface area contributed by atoms with Gasteiger partial charge in [0.2, 0.25) is 0 Å². The fourth-order valence-corrected chi connectivity index (χ4v) is 2.29. The van der Waals surface area contributed by atoms with Crippen molar-refractivity contribution in [3.8, 4) is 0 Å². The molecule has 0 unspecified atom stereocenters. The summed E-state index contributed by atoms with van der Waals surface area (Å²) < 4.78 is 26.8. The van der Waals surface area contributed by atoms with Gasteiger partial charge in [-0.05, 0) is 52.3 Å². The molecule has 2 aromatic rings. The lowest BCUT2D eigenvalue weighted by Crippen LogP contribution is -2.18. The molecule has 0 bridgehead atoms. The van der Waals surface area contributed by atoms with E-state index in [4.69, 9.17) is 18.0 Å². The number of nitrogens with two attached hydrogens (primary N) is 1. The van der Waals surface area contributed by atoms with E-state index in [1.807, 2.05) is 0 Å². The number of amides is 1.